The van der Waals surface area contributed by atoms with Crippen molar-refractivity contribution in [1.29, 1.82) is 0 Å². The van der Waals surface area contributed by atoms with Gasteiger partial charge in [0.25, 0.3) is 5.69 Å². The molecule has 152 valence electrons. The Bertz CT molecular complexity index is 1120. The second-order valence-corrected chi connectivity index (χ2v) is 5.86. The van der Waals surface area contributed by atoms with E-state index in [9.17, 15) is 19.7 Å². The number of anilines is 1. The lowest BCUT2D eigenvalue weighted by Gasteiger charge is -2.08. The van der Waals surface area contributed by atoms with Crippen molar-refractivity contribution in [1.82, 2.24) is 5.43 Å². The molecule has 3 rings (SSSR count). The van der Waals surface area contributed by atoms with Crippen LogP contribution in [-0.4, -0.2) is 30.1 Å². The minimum Gasteiger partial charge on any atom is -0.495 e. The van der Waals surface area contributed by atoms with Crippen LogP contribution in [0.15, 0.2) is 70.2 Å². The molecule has 3 aromatic rings. The molecule has 2 amide bonds. The zero-order valence-corrected chi connectivity index (χ0v) is 15.7. The standard InChI is InChI=1S/C20H16N4O6/c1-29-18-8-3-2-7-16(18)22-19(25)20(26)23-21-12-15-9-10-17(30-15)13-5-4-6-14(11-13)24(27)28/h2-12H,1H3,(H,22,25)(H,23,26)/b21-12+. The fourth-order valence-electron chi connectivity index (χ4n) is 2.48. The molecule has 0 aliphatic heterocycles. The highest BCUT2D eigenvalue weighted by molar-refractivity contribution is 6.39. The lowest BCUT2D eigenvalue weighted by atomic mass is 10.1. The minimum absolute atomic E-state index is 0.0626. The van der Waals surface area contributed by atoms with Crippen LogP contribution >= 0.6 is 0 Å². The van der Waals surface area contributed by atoms with E-state index in [2.05, 4.69) is 15.8 Å². The second-order valence-electron chi connectivity index (χ2n) is 5.86. The summed E-state index contributed by atoms with van der Waals surface area (Å²) in [6.07, 6.45) is 1.20. The molecule has 0 atom stereocenters. The maximum absolute atomic E-state index is 12.0. The molecule has 1 aromatic heterocycles. The average Bonchev–Trinajstić information content (AvgIpc) is 3.23. The van der Waals surface area contributed by atoms with Crippen LogP contribution in [0.2, 0.25) is 0 Å². The number of rotatable bonds is 6. The van der Waals surface area contributed by atoms with Crippen LogP contribution in [0.3, 0.4) is 0 Å². The zero-order valence-electron chi connectivity index (χ0n) is 15.7. The molecule has 0 bridgehead atoms. The third-order valence-corrected chi connectivity index (χ3v) is 3.89. The summed E-state index contributed by atoms with van der Waals surface area (Å²) in [7, 11) is 1.45. The molecule has 0 aliphatic carbocycles. The Morgan fingerprint density at radius 1 is 1.10 bits per heavy atom. The molecule has 0 fully saturated rings. The van der Waals surface area contributed by atoms with Gasteiger partial charge >= 0.3 is 11.8 Å². The lowest BCUT2D eigenvalue weighted by Crippen LogP contribution is -2.32. The summed E-state index contributed by atoms with van der Waals surface area (Å²) in [4.78, 5) is 34.2. The second kappa shape index (κ2) is 9.15. The summed E-state index contributed by atoms with van der Waals surface area (Å²) in [6.45, 7) is 0. The van der Waals surface area contributed by atoms with E-state index in [1.807, 2.05) is 0 Å². The summed E-state index contributed by atoms with van der Waals surface area (Å²) in [5.74, 6) is -0.829. The molecular weight excluding hydrogens is 392 g/mol. The summed E-state index contributed by atoms with van der Waals surface area (Å²) < 4.78 is 10.6. The van der Waals surface area contributed by atoms with Gasteiger partial charge in [-0.05, 0) is 24.3 Å². The van der Waals surface area contributed by atoms with E-state index in [-0.39, 0.29) is 11.4 Å². The number of para-hydroxylation sites is 2. The molecule has 1 heterocycles. The van der Waals surface area contributed by atoms with Gasteiger partial charge in [-0.1, -0.05) is 24.3 Å². The number of furan rings is 1. The van der Waals surface area contributed by atoms with E-state index in [1.165, 1.54) is 25.5 Å². The van der Waals surface area contributed by atoms with Gasteiger partial charge in [0.2, 0.25) is 0 Å². The van der Waals surface area contributed by atoms with Crippen molar-refractivity contribution in [2.75, 3.05) is 12.4 Å². The Balaban J connectivity index is 1.60. The number of benzene rings is 2. The first kappa shape index (κ1) is 20.3. The normalized spacial score (nSPS) is 10.6. The molecule has 10 nitrogen and oxygen atoms in total. The van der Waals surface area contributed by atoms with Crippen LogP contribution in [0.5, 0.6) is 5.75 Å². The Hall–Kier alpha value is -4.47. The molecule has 30 heavy (non-hydrogen) atoms. The topological polar surface area (TPSA) is 136 Å². The quantitative estimate of drug-likeness (QED) is 0.278. The van der Waals surface area contributed by atoms with Gasteiger partial charge < -0.3 is 14.5 Å². The first-order chi connectivity index (χ1) is 14.5. The Morgan fingerprint density at radius 2 is 1.90 bits per heavy atom. The number of nitro benzene ring substituents is 1. The van der Waals surface area contributed by atoms with Gasteiger partial charge in [-0.3, -0.25) is 19.7 Å². The number of hydrogen-bond donors (Lipinski definition) is 2. The Kier molecular flexibility index (Phi) is 6.18. The van der Waals surface area contributed by atoms with Crippen LogP contribution in [0, 0.1) is 10.1 Å². The first-order valence-corrected chi connectivity index (χ1v) is 8.60. The third-order valence-electron chi connectivity index (χ3n) is 3.89. The SMILES string of the molecule is COc1ccccc1NC(=O)C(=O)N/N=C/c1ccc(-c2cccc([N+](=O)[O-])c2)o1. The number of nitrogens with one attached hydrogen (secondary N) is 2. The summed E-state index contributed by atoms with van der Waals surface area (Å²) in [6, 6.07) is 15.8. The van der Waals surface area contributed by atoms with Gasteiger partial charge in [0.15, 0.2) is 0 Å². The number of hydrazone groups is 1. The van der Waals surface area contributed by atoms with Crippen LogP contribution in [0.1, 0.15) is 5.76 Å². The van der Waals surface area contributed by atoms with Gasteiger partial charge in [-0.25, -0.2) is 5.43 Å². The van der Waals surface area contributed by atoms with Crippen molar-refractivity contribution in [3.8, 4) is 17.1 Å². The van der Waals surface area contributed by atoms with E-state index in [4.69, 9.17) is 9.15 Å². The van der Waals surface area contributed by atoms with Crippen LogP contribution in [0.4, 0.5) is 11.4 Å². The predicted octanol–water partition coefficient (Wildman–Crippen LogP) is 2.95. The number of carbonyl (C=O) groups is 2. The average molecular weight is 408 g/mol. The van der Waals surface area contributed by atoms with E-state index < -0.39 is 16.7 Å². The maximum atomic E-state index is 12.0. The number of nitrogens with zero attached hydrogens (tertiary/aromatic N) is 2. The van der Waals surface area contributed by atoms with Crippen molar-refractivity contribution in [3.05, 3.63) is 76.5 Å². The Morgan fingerprint density at radius 3 is 2.67 bits per heavy atom. The third kappa shape index (κ3) is 4.87. The number of carbonyl (C=O) groups excluding carboxylic acids is 2. The van der Waals surface area contributed by atoms with E-state index >= 15 is 0 Å². The van der Waals surface area contributed by atoms with E-state index in [1.54, 1.807) is 48.5 Å². The van der Waals surface area contributed by atoms with Gasteiger partial charge in [0.1, 0.15) is 17.3 Å². The predicted molar refractivity (Wildman–Crippen MR) is 108 cm³/mol. The fourth-order valence-corrected chi connectivity index (χ4v) is 2.48. The van der Waals surface area contributed by atoms with Crippen molar-refractivity contribution in [3.63, 3.8) is 0 Å². The molecule has 0 saturated carbocycles. The fraction of sp³-hybridized carbons (Fsp3) is 0.0500. The number of hydrogen-bond acceptors (Lipinski definition) is 7. The first-order valence-electron chi connectivity index (χ1n) is 8.60. The van der Waals surface area contributed by atoms with Crippen molar-refractivity contribution < 1.29 is 23.7 Å². The number of ether oxygens (including phenoxy) is 1. The Labute approximate surface area is 170 Å². The molecular formula is C20H16N4O6. The monoisotopic (exact) mass is 408 g/mol. The van der Waals surface area contributed by atoms with Gasteiger partial charge in [0, 0.05) is 17.7 Å². The smallest absolute Gasteiger partial charge is 0.329 e. The molecule has 2 N–H and O–H groups in total. The van der Waals surface area contributed by atoms with Gasteiger partial charge in [-0.2, -0.15) is 5.10 Å². The summed E-state index contributed by atoms with van der Waals surface area (Å²) in [5, 5.41) is 17.0. The molecule has 0 aliphatic rings. The molecule has 2 aromatic carbocycles. The van der Waals surface area contributed by atoms with Crippen LogP contribution in [-0.2, 0) is 9.59 Å². The zero-order chi connectivity index (χ0) is 21.5. The highest BCUT2D eigenvalue weighted by Gasteiger charge is 2.15. The highest BCUT2D eigenvalue weighted by Crippen LogP contribution is 2.25. The summed E-state index contributed by atoms with van der Waals surface area (Å²) in [5.41, 5.74) is 2.89. The van der Waals surface area contributed by atoms with Crippen molar-refractivity contribution in [2.24, 2.45) is 5.10 Å². The molecule has 10 heteroatoms. The molecule has 0 radical (unpaired) electrons. The number of nitro groups is 1. The van der Waals surface area contributed by atoms with Crippen LogP contribution < -0.4 is 15.5 Å². The van der Waals surface area contributed by atoms with E-state index in [0.29, 0.717) is 22.8 Å². The van der Waals surface area contributed by atoms with E-state index in [0.717, 1.165) is 0 Å². The van der Waals surface area contributed by atoms with Crippen molar-refractivity contribution in [2.45, 2.75) is 0 Å². The highest BCUT2D eigenvalue weighted by atomic mass is 16.6. The molecule has 0 unspecified atom stereocenters. The van der Waals surface area contributed by atoms with Crippen molar-refractivity contribution >= 4 is 29.4 Å². The number of amides is 2. The van der Waals surface area contributed by atoms with Gasteiger partial charge in [0.05, 0.1) is 23.9 Å². The minimum atomic E-state index is -0.984. The summed E-state index contributed by atoms with van der Waals surface area (Å²) >= 11 is 0. The van der Waals surface area contributed by atoms with Crippen LogP contribution in [0.25, 0.3) is 11.3 Å². The maximum Gasteiger partial charge on any atom is 0.329 e. The number of methoxy groups -OCH3 is 1. The molecule has 0 spiro atoms. The lowest BCUT2D eigenvalue weighted by molar-refractivity contribution is -0.384. The molecule has 0 saturated heterocycles. The number of non-ortho nitro benzene ring substituents is 1. The largest absolute Gasteiger partial charge is 0.495 e. The van der Waals surface area contributed by atoms with Gasteiger partial charge in [-0.15, -0.1) is 0 Å².